The molecule has 0 aromatic heterocycles. The molecule has 1 aliphatic rings. The molecule has 4 atom stereocenters. The van der Waals surface area contributed by atoms with Crippen LogP contribution in [0.5, 0.6) is 5.75 Å². The quantitative estimate of drug-likeness (QED) is 0.228. The van der Waals surface area contributed by atoms with Gasteiger partial charge in [-0.1, -0.05) is 56.7 Å². The molecular formula is C33H37F4N3O7S. The number of amides is 2. The molecule has 10 nitrogen and oxygen atoms in total. The van der Waals surface area contributed by atoms with Crippen LogP contribution in [0.2, 0.25) is 0 Å². The molecule has 48 heavy (non-hydrogen) atoms. The van der Waals surface area contributed by atoms with E-state index in [1.165, 1.54) is 25.3 Å². The highest BCUT2D eigenvalue weighted by molar-refractivity contribution is 7.89. The molecule has 1 saturated heterocycles. The third kappa shape index (κ3) is 8.82. The lowest BCUT2D eigenvalue weighted by Crippen LogP contribution is -2.53. The number of aliphatic hydroxyl groups excluding tert-OH is 1. The summed E-state index contributed by atoms with van der Waals surface area (Å²) in [5.74, 6) is -2.03. The van der Waals surface area contributed by atoms with Gasteiger partial charge in [0.2, 0.25) is 10.0 Å². The monoisotopic (exact) mass is 695 g/mol. The van der Waals surface area contributed by atoms with E-state index < -0.39 is 70.9 Å². The zero-order chi connectivity index (χ0) is 35.2. The fourth-order valence-electron chi connectivity index (χ4n) is 5.13. The second-order valence-electron chi connectivity index (χ2n) is 11.5. The summed E-state index contributed by atoms with van der Waals surface area (Å²) in [4.78, 5) is 26.6. The number of anilines is 1. The topological polar surface area (TPSA) is 125 Å². The van der Waals surface area contributed by atoms with Crippen LogP contribution in [-0.4, -0.2) is 74.8 Å². The summed E-state index contributed by atoms with van der Waals surface area (Å²) in [5.41, 5.74) is -0.419. The summed E-state index contributed by atoms with van der Waals surface area (Å²) in [6.45, 7) is 2.76. The average Bonchev–Trinajstić information content (AvgIpc) is 3.45. The normalized spacial score (nSPS) is 17.1. The third-order valence-electron chi connectivity index (χ3n) is 8.04. The van der Waals surface area contributed by atoms with Crippen molar-refractivity contribution in [2.45, 2.75) is 56.0 Å². The Kier molecular flexibility index (Phi) is 11.7. The minimum Gasteiger partial charge on any atom is -0.494 e. The van der Waals surface area contributed by atoms with Crippen LogP contribution in [0.3, 0.4) is 0 Å². The molecule has 15 heteroatoms. The van der Waals surface area contributed by atoms with Crippen LogP contribution in [-0.2, 0) is 32.2 Å². The number of hydrogen-bond acceptors (Lipinski definition) is 7. The summed E-state index contributed by atoms with van der Waals surface area (Å²) in [6, 6.07) is 14.9. The van der Waals surface area contributed by atoms with Crippen molar-refractivity contribution in [1.29, 1.82) is 0 Å². The second kappa shape index (κ2) is 15.3. The number of benzene rings is 3. The largest absolute Gasteiger partial charge is 0.494 e. The minimum absolute atomic E-state index is 0.0261. The molecule has 0 spiro atoms. The van der Waals surface area contributed by atoms with Crippen LogP contribution in [0.25, 0.3) is 0 Å². The zero-order valence-electron chi connectivity index (χ0n) is 26.5. The average molecular weight is 696 g/mol. The number of cyclic esters (lactones) is 1. The van der Waals surface area contributed by atoms with Crippen molar-refractivity contribution in [2.24, 2.45) is 5.92 Å². The molecule has 0 aliphatic carbocycles. The van der Waals surface area contributed by atoms with Gasteiger partial charge in [0.15, 0.2) is 17.7 Å². The predicted octanol–water partition coefficient (Wildman–Crippen LogP) is 5.00. The highest BCUT2D eigenvalue weighted by Crippen LogP contribution is 2.33. The van der Waals surface area contributed by atoms with Crippen LogP contribution >= 0.6 is 0 Å². The third-order valence-corrected chi connectivity index (χ3v) is 9.87. The molecule has 1 fully saturated rings. The second-order valence-corrected chi connectivity index (χ2v) is 13.5. The maximum Gasteiger partial charge on any atom is 0.416 e. The summed E-state index contributed by atoms with van der Waals surface area (Å²) >= 11 is 0. The molecule has 0 unspecified atom stereocenters. The lowest BCUT2D eigenvalue weighted by atomic mass is 10.0. The molecule has 260 valence electrons. The number of aliphatic hydroxyl groups is 1. The first-order valence-corrected chi connectivity index (χ1v) is 16.6. The van der Waals surface area contributed by atoms with Gasteiger partial charge in [-0.2, -0.15) is 17.5 Å². The molecular weight excluding hydrogens is 658 g/mol. The van der Waals surface area contributed by atoms with Crippen molar-refractivity contribution in [3.8, 4) is 5.75 Å². The Morgan fingerprint density at radius 3 is 2.44 bits per heavy atom. The number of nitrogens with one attached hydrogen (secondary N) is 1. The number of halogens is 4. The highest BCUT2D eigenvalue weighted by atomic mass is 32.2. The van der Waals surface area contributed by atoms with E-state index in [1.54, 1.807) is 30.3 Å². The van der Waals surface area contributed by atoms with Gasteiger partial charge in [0, 0.05) is 18.8 Å². The van der Waals surface area contributed by atoms with Crippen LogP contribution in [0.4, 0.5) is 28.0 Å². The first kappa shape index (κ1) is 36.6. The maximum absolute atomic E-state index is 14.5. The SMILES string of the molecule is CC[C@H](C)CN(C[C@@H](O)[C@H](Cc1ccccc1)NC(=O)[C@@H]1CN(c2cccc(C(F)(F)F)c2)C(=O)O1)S(=O)(=O)c1ccc(OC)c(F)c1. The molecule has 0 saturated carbocycles. The van der Waals surface area contributed by atoms with E-state index in [2.05, 4.69) is 5.32 Å². The maximum atomic E-state index is 14.5. The lowest BCUT2D eigenvalue weighted by Gasteiger charge is -2.31. The van der Waals surface area contributed by atoms with Crippen LogP contribution in [0.1, 0.15) is 31.4 Å². The number of sulfonamides is 1. The molecule has 2 N–H and O–H groups in total. The number of ether oxygens (including phenoxy) is 2. The predicted molar refractivity (Wildman–Crippen MR) is 168 cm³/mol. The fourth-order valence-corrected chi connectivity index (χ4v) is 6.72. The van der Waals surface area contributed by atoms with Crippen molar-refractivity contribution >= 4 is 27.7 Å². The van der Waals surface area contributed by atoms with Gasteiger partial charge < -0.3 is 19.9 Å². The highest BCUT2D eigenvalue weighted by Gasteiger charge is 2.40. The number of rotatable bonds is 14. The number of hydrogen-bond donors (Lipinski definition) is 2. The van der Waals surface area contributed by atoms with E-state index in [4.69, 9.17) is 9.47 Å². The van der Waals surface area contributed by atoms with Gasteiger partial charge in [-0.05, 0) is 54.3 Å². The first-order valence-electron chi connectivity index (χ1n) is 15.2. The Hall–Kier alpha value is -4.21. The van der Waals surface area contributed by atoms with E-state index in [0.29, 0.717) is 12.0 Å². The van der Waals surface area contributed by atoms with E-state index in [9.17, 15) is 40.7 Å². The van der Waals surface area contributed by atoms with Crippen molar-refractivity contribution in [1.82, 2.24) is 9.62 Å². The minimum atomic E-state index is -4.66. The van der Waals surface area contributed by atoms with Gasteiger partial charge in [0.05, 0.1) is 36.3 Å². The van der Waals surface area contributed by atoms with Crippen LogP contribution in [0.15, 0.2) is 77.7 Å². The molecule has 0 bridgehead atoms. The van der Waals surface area contributed by atoms with Gasteiger partial charge in [-0.15, -0.1) is 0 Å². The Morgan fingerprint density at radius 2 is 1.81 bits per heavy atom. The zero-order valence-corrected chi connectivity index (χ0v) is 27.3. The van der Waals surface area contributed by atoms with E-state index in [-0.39, 0.29) is 35.2 Å². The first-order chi connectivity index (χ1) is 22.6. The number of methoxy groups -OCH3 is 1. The standard InChI is InChI=1S/C33H37F4N3O7S/c1-4-21(2)18-39(48(44,45)25-13-14-29(46-3)26(34)17-25)19-28(41)27(15-22-9-6-5-7-10-22)38-31(42)30-20-40(32(43)47-30)24-12-8-11-23(16-24)33(35,36)37/h5-14,16-17,21,27-28,30,41H,4,15,18-20H2,1-3H3,(H,38,42)/t21-,27-,28+,30-/m0/s1. The molecule has 1 heterocycles. The number of carbonyl (C=O) groups is 2. The van der Waals surface area contributed by atoms with Crippen molar-refractivity contribution in [2.75, 3.05) is 31.6 Å². The van der Waals surface area contributed by atoms with Crippen LogP contribution < -0.4 is 15.0 Å². The summed E-state index contributed by atoms with van der Waals surface area (Å²) < 4.78 is 93.0. The van der Waals surface area contributed by atoms with Gasteiger partial charge in [0.25, 0.3) is 5.91 Å². The lowest BCUT2D eigenvalue weighted by molar-refractivity contribution is -0.137. The summed E-state index contributed by atoms with van der Waals surface area (Å²) in [7, 11) is -3.10. The molecule has 0 radical (unpaired) electrons. The smallest absolute Gasteiger partial charge is 0.416 e. The van der Waals surface area contributed by atoms with Gasteiger partial charge >= 0.3 is 12.3 Å². The van der Waals surface area contributed by atoms with Gasteiger partial charge in [-0.25, -0.2) is 17.6 Å². The molecule has 4 rings (SSSR count). The molecule has 1 aliphatic heterocycles. The summed E-state index contributed by atoms with van der Waals surface area (Å²) in [5, 5.41) is 14.2. The van der Waals surface area contributed by atoms with E-state index in [0.717, 1.165) is 33.5 Å². The van der Waals surface area contributed by atoms with E-state index >= 15 is 0 Å². The molecule has 3 aromatic rings. The van der Waals surface area contributed by atoms with Crippen LogP contribution in [0, 0.1) is 11.7 Å². The molecule has 2 amide bonds. The van der Waals surface area contributed by atoms with Crippen molar-refractivity contribution in [3.63, 3.8) is 0 Å². The van der Waals surface area contributed by atoms with Gasteiger partial charge in [-0.3, -0.25) is 9.69 Å². The number of nitrogens with zero attached hydrogens (tertiary/aromatic N) is 2. The number of alkyl halides is 3. The Morgan fingerprint density at radius 1 is 1.10 bits per heavy atom. The van der Waals surface area contributed by atoms with Gasteiger partial charge in [0.1, 0.15) is 0 Å². The van der Waals surface area contributed by atoms with Crippen molar-refractivity contribution in [3.05, 3.63) is 89.7 Å². The Labute approximate surface area is 276 Å². The molecule has 3 aromatic carbocycles. The van der Waals surface area contributed by atoms with Crippen molar-refractivity contribution < 1.29 is 50.1 Å². The van der Waals surface area contributed by atoms with E-state index in [1.807, 2.05) is 13.8 Å². The fraction of sp³-hybridized carbons (Fsp3) is 0.394. The Bertz CT molecular complexity index is 1690. The Balaban J connectivity index is 1.58. The number of carbonyl (C=O) groups excluding carboxylic acids is 2. The summed E-state index contributed by atoms with van der Waals surface area (Å²) in [6.07, 6.45) is -8.01.